The molecule has 1 aromatic carbocycles. The Bertz CT molecular complexity index is 965. The number of aryl methyl sites for hydroxylation is 1. The van der Waals surface area contributed by atoms with Gasteiger partial charge in [-0.05, 0) is 24.6 Å². The Kier molecular flexibility index (Phi) is 6.62. The SMILES string of the molecule is C#CCCC1(CCC(=O)N(Cc2ccc(C(=O)O)cc2)Cc2cnn(CC)c2)N=N1. The summed E-state index contributed by atoms with van der Waals surface area (Å²) in [5, 5.41) is 21.6. The van der Waals surface area contributed by atoms with Crippen LogP contribution >= 0.6 is 0 Å². The van der Waals surface area contributed by atoms with Gasteiger partial charge in [-0.2, -0.15) is 15.3 Å². The first-order valence-corrected chi connectivity index (χ1v) is 9.93. The molecule has 3 rings (SSSR count). The summed E-state index contributed by atoms with van der Waals surface area (Å²) in [6, 6.07) is 6.57. The fourth-order valence-electron chi connectivity index (χ4n) is 3.22. The van der Waals surface area contributed by atoms with E-state index in [0.29, 0.717) is 38.8 Å². The van der Waals surface area contributed by atoms with Crippen LogP contribution in [-0.4, -0.2) is 37.3 Å². The second-order valence-electron chi connectivity index (χ2n) is 7.34. The molecule has 0 saturated heterocycles. The molecule has 30 heavy (non-hydrogen) atoms. The standard InChI is InChI=1S/C22H25N5O3/c1-3-5-11-22(24-25-22)12-10-20(28)26(15-18-13-23-27(4-2)16-18)14-17-6-8-19(9-7-17)21(29)30/h1,6-9,13,16H,4-5,10-12,14-15H2,2H3,(H,29,30). The van der Waals surface area contributed by atoms with Crippen LogP contribution < -0.4 is 0 Å². The van der Waals surface area contributed by atoms with Crippen LogP contribution in [0.25, 0.3) is 0 Å². The molecular formula is C22H25N5O3. The van der Waals surface area contributed by atoms with E-state index in [9.17, 15) is 9.59 Å². The Morgan fingerprint density at radius 1 is 1.17 bits per heavy atom. The number of carboxylic acids is 1. The molecule has 0 bridgehead atoms. The number of nitrogens with zero attached hydrogens (tertiary/aromatic N) is 5. The summed E-state index contributed by atoms with van der Waals surface area (Å²) < 4.78 is 1.82. The van der Waals surface area contributed by atoms with Crippen LogP contribution in [0.3, 0.4) is 0 Å². The Hall–Kier alpha value is -3.47. The molecular weight excluding hydrogens is 382 g/mol. The number of hydrogen-bond donors (Lipinski definition) is 1. The van der Waals surface area contributed by atoms with Crippen LogP contribution in [-0.2, 0) is 24.4 Å². The van der Waals surface area contributed by atoms with Crippen LogP contribution in [0, 0.1) is 12.3 Å². The zero-order chi connectivity index (χ0) is 21.6. The van der Waals surface area contributed by atoms with Crippen molar-refractivity contribution >= 4 is 11.9 Å². The molecule has 1 aromatic heterocycles. The molecule has 0 radical (unpaired) electrons. The zero-order valence-corrected chi connectivity index (χ0v) is 17.0. The Morgan fingerprint density at radius 2 is 1.87 bits per heavy atom. The zero-order valence-electron chi connectivity index (χ0n) is 17.0. The van der Waals surface area contributed by atoms with E-state index in [4.69, 9.17) is 11.5 Å². The Labute approximate surface area is 175 Å². The molecule has 0 spiro atoms. The maximum absolute atomic E-state index is 13.0. The molecule has 2 aromatic rings. The molecule has 0 atom stereocenters. The lowest BCUT2D eigenvalue weighted by Gasteiger charge is -2.23. The Balaban J connectivity index is 1.68. The quantitative estimate of drug-likeness (QED) is 0.576. The molecule has 2 heterocycles. The number of rotatable bonds is 11. The number of aromatic carboxylic acids is 1. The van der Waals surface area contributed by atoms with Crippen molar-refractivity contribution in [3.05, 3.63) is 53.3 Å². The number of amides is 1. The highest BCUT2D eigenvalue weighted by Gasteiger charge is 2.39. The fourth-order valence-corrected chi connectivity index (χ4v) is 3.22. The predicted octanol–water partition coefficient (Wildman–Crippen LogP) is 3.49. The lowest BCUT2D eigenvalue weighted by atomic mass is 10.0. The van der Waals surface area contributed by atoms with Gasteiger partial charge in [-0.25, -0.2) is 4.79 Å². The van der Waals surface area contributed by atoms with Crippen molar-refractivity contribution in [2.24, 2.45) is 10.2 Å². The highest BCUT2D eigenvalue weighted by molar-refractivity contribution is 5.87. The maximum Gasteiger partial charge on any atom is 0.335 e. The molecule has 156 valence electrons. The van der Waals surface area contributed by atoms with Crippen molar-refractivity contribution in [2.45, 2.75) is 57.9 Å². The normalized spacial score (nSPS) is 13.6. The molecule has 1 aliphatic heterocycles. The van der Waals surface area contributed by atoms with E-state index >= 15 is 0 Å². The largest absolute Gasteiger partial charge is 0.478 e. The molecule has 1 N–H and O–H groups in total. The van der Waals surface area contributed by atoms with Gasteiger partial charge in [0.2, 0.25) is 5.91 Å². The van der Waals surface area contributed by atoms with E-state index in [1.807, 2.05) is 17.8 Å². The third-order valence-corrected chi connectivity index (χ3v) is 5.10. The van der Waals surface area contributed by atoms with Crippen LogP contribution in [0.4, 0.5) is 0 Å². The molecule has 0 unspecified atom stereocenters. The minimum Gasteiger partial charge on any atom is -0.478 e. The first-order valence-electron chi connectivity index (χ1n) is 9.93. The van der Waals surface area contributed by atoms with Gasteiger partial charge in [0, 0.05) is 57.1 Å². The van der Waals surface area contributed by atoms with E-state index in [-0.39, 0.29) is 11.5 Å². The van der Waals surface area contributed by atoms with Gasteiger partial charge in [-0.15, -0.1) is 12.3 Å². The van der Waals surface area contributed by atoms with Gasteiger partial charge in [-0.3, -0.25) is 9.48 Å². The first-order chi connectivity index (χ1) is 14.4. The second-order valence-corrected chi connectivity index (χ2v) is 7.34. The van der Waals surface area contributed by atoms with Crippen molar-refractivity contribution in [2.75, 3.05) is 0 Å². The van der Waals surface area contributed by atoms with E-state index < -0.39 is 11.6 Å². The van der Waals surface area contributed by atoms with Crippen LogP contribution in [0.1, 0.15) is 54.1 Å². The van der Waals surface area contributed by atoms with Crippen molar-refractivity contribution in [3.8, 4) is 12.3 Å². The van der Waals surface area contributed by atoms with Gasteiger partial charge < -0.3 is 10.0 Å². The minimum absolute atomic E-state index is 0.0149. The van der Waals surface area contributed by atoms with Crippen molar-refractivity contribution in [1.29, 1.82) is 0 Å². The maximum atomic E-state index is 13.0. The van der Waals surface area contributed by atoms with Crippen LogP contribution in [0.15, 0.2) is 46.9 Å². The highest BCUT2D eigenvalue weighted by Crippen LogP contribution is 2.37. The second kappa shape index (κ2) is 9.35. The number of hydrogen-bond acceptors (Lipinski definition) is 5. The Morgan fingerprint density at radius 3 is 2.43 bits per heavy atom. The van der Waals surface area contributed by atoms with Gasteiger partial charge in [0.25, 0.3) is 0 Å². The number of terminal acetylenes is 1. The summed E-state index contributed by atoms with van der Waals surface area (Å²) >= 11 is 0. The van der Waals surface area contributed by atoms with Gasteiger partial charge in [0.1, 0.15) is 0 Å². The van der Waals surface area contributed by atoms with Crippen molar-refractivity contribution in [1.82, 2.24) is 14.7 Å². The summed E-state index contributed by atoms with van der Waals surface area (Å²) in [5.74, 6) is 1.60. The molecule has 0 aliphatic carbocycles. The molecule has 8 heteroatoms. The number of carboxylic acid groups (broad SMARTS) is 1. The number of benzene rings is 1. The molecule has 1 aliphatic rings. The van der Waals surface area contributed by atoms with E-state index in [1.54, 1.807) is 35.4 Å². The number of carbonyl (C=O) groups excluding carboxylic acids is 1. The molecule has 1 amide bonds. The van der Waals surface area contributed by atoms with E-state index in [0.717, 1.165) is 17.7 Å². The van der Waals surface area contributed by atoms with Crippen molar-refractivity contribution in [3.63, 3.8) is 0 Å². The summed E-state index contributed by atoms with van der Waals surface area (Å²) in [6.07, 6.45) is 11.1. The van der Waals surface area contributed by atoms with Crippen LogP contribution in [0.5, 0.6) is 0 Å². The lowest BCUT2D eigenvalue weighted by molar-refractivity contribution is -0.132. The van der Waals surface area contributed by atoms with Crippen LogP contribution in [0.2, 0.25) is 0 Å². The molecule has 8 nitrogen and oxygen atoms in total. The highest BCUT2D eigenvalue weighted by atomic mass is 16.4. The average Bonchev–Trinajstić information content (AvgIpc) is 3.38. The third kappa shape index (κ3) is 5.54. The number of carbonyl (C=O) groups is 2. The molecule has 0 saturated carbocycles. The summed E-state index contributed by atoms with van der Waals surface area (Å²) in [7, 11) is 0. The van der Waals surface area contributed by atoms with Gasteiger partial charge in [0.15, 0.2) is 5.66 Å². The van der Waals surface area contributed by atoms with E-state index in [1.165, 1.54) is 0 Å². The van der Waals surface area contributed by atoms with Gasteiger partial charge in [0.05, 0.1) is 11.8 Å². The summed E-state index contributed by atoms with van der Waals surface area (Å²) in [5.41, 5.74) is 1.52. The van der Waals surface area contributed by atoms with E-state index in [2.05, 4.69) is 21.2 Å². The number of aromatic nitrogens is 2. The first kappa shape index (κ1) is 21.2. The average molecular weight is 407 g/mol. The monoisotopic (exact) mass is 407 g/mol. The summed E-state index contributed by atoms with van der Waals surface area (Å²) in [4.78, 5) is 25.9. The van der Waals surface area contributed by atoms with Gasteiger partial charge in [-0.1, -0.05) is 12.1 Å². The fraction of sp³-hybridized carbons (Fsp3) is 0.409. The smallest absolute Gasteiger partial charge is 0.335 e. The summed E-state index contributed by atoms with van der Waals surface area (Å²) in [6.45, 7) is 3.56. The predicted molar refractivity (Wildman–Crippen MR) is 110 cm³/mol. The third-order valence-electron chi connectivity index (χ3n) is 5.10. The van der Waals surface area contributed by atoms with Crippen molar-refractivity contribution < 1.29 is 14.7 Å². The lowest BCUT2D eigenvalue weighted by Crippen LogP contribution is -2.31. The van der Waals surface area contributed by atoms with Gasteiger partial charge >= 0.3 is 5.97 Å². The topological polar surface area (TPSA) is 100 Å². The minimum atomic E-state index is -0.976. The molecule has 0 fully saturated rings.